The van der Waals surface area contributed by atoms with Crippen LogP contribution in [0.2, 0.25) is 0 Å². The first-order valence-electron chi connectivity index (χ1n) is 3.41. The molecular formula is C5H11O6P. The highest BCUT2D eigenvalue weighted by atomic mass is 31.2. The summed E-state index contributed by atoms with van der Waals surface area (Å²) in [5.41, 5.74) is 0. The average Bonchev–Trinajstić information content (AvgIpc) is 1.97. The van der Waals surface area contributed by atoms with E-state index in [0.717, 1.165) is 0 Å². The van der Waals surface area contributed by atoms with Gasteiger partial charge in [0, 0.05) is 0 Å². The molecule has 0 spiro atoms. The van der Waals surface area contributed by atoms with Crippen LogP contribution in [-0.2, 0) is 9.09 Å². The van der Waals surface area contributed by atoms with Gasteiger partial charge in [-0.15, -0.1) is 0 Å². The van der Waals surface area contributed by atoms with E-state index in [0.29, 0.717) is 0 Å². The zero-order valence-electron chi connectivity index (χ0n) is 6.36. The molecule has 0 aromatic heterocycles. The van der Waals surface area contributed by atoms with E-state index < -0.39 is 31.8 Å². The van der Waals surface area contributed by atoms with E-state index in [9.17, 15) is 4.57 Å². The summed E-state index contributed by atoms with van der Waals surface area (Å²) in [6, 6.07) is 0. The van der Waals surface area contributed by atoms with E-state index in [1.54, 1.807) is 0 Å². The molecule has 1 saturated heterocycles. The van der Waals surface area contributed by atoms with Gasteiger partial charge < -0.3 is 24.7 Å². The molecule has 0 radical (unpaired) electrons. The lowest BCUT2D eigenvalue weighted by Gasteiger charge is -2.35. The maximum Gasteiger partial charge on any atom is 0.359 e. The summed E-state index contributed by atoms with van der Waals surface area (Å²) in [4.78, 5) is 8.91. The maximum atomic E-state index is 10.9. The molecule has 0 aromatic carbocycles. The summed E-state index contributed by atoms with van der Waals surface area (Å²) in [5.74, 6) is -1.93. The van der Waals surface area contributed by atoms with Gasteiger partial charge in [-0.1, -0.05) is 0 Å². The smallest absolute Gasteiger partial charge is 0.359 e. The van der Waals surface area contributed by atoms with Crippen molar-refractivity contribution in [2.45, 2.75) is 31.1 Å². The molecule has 12 heavy (non-hydrogen) atoms. The Morgan fingerprint density at radius 3 is 2.25 bits per heavy atom. The van der Waals surface area contributed by atoms with Gasteiger partial charge in [0.2, 0.25) is 0 Å². The van der Waals surface area contributed by atoms with E-state index >= 15 is 0 Å². The molecule has 1 aliphatic rings. The van der Waals surface area contributed by atoms with Crippen LogP contribution in [0.1, 0.15) is 6.92 Å². The van der Waals surface area contributed by atoms with Gasteiger partial charge in [0.25, 0.3) is 0 Å². The van der Waals surface area contributed by atoms with E-state index in [-0.39, 0.29) is 0 Å². The first-order valence-corrected chi connectivity index (χ1v) is 5.06. The van der Waals surface area contributed by atoms with Crippen LogP contribution in [0.3, 0.4) is 0 Å². The Kier molecular flexibility index (Phi) is 2.58. The van der Waals surface area contributed by atoms with Gasteiger partial charge in [-0.05, 0) is 6.92 Å². The molecule has 0 amide bonds. The van der Waals surface area contributed by atoms with Crippen LogP contribution in [0, 0.1) is 0 Å². The van der Waals surface area contributed by atoms with Gasteiger partial charge in [-0.2, -0.15) is 0 Å². The Morgan fingerprint density at radius 2 is 1.75 bits per heavy atom. The van der Waals surface area contributed by atoms with Gasteiger partial charge in [0.05, 0.1) is 6.10 Å². The predicted octanol–water partition coefficient (Wildman–Crippen LogP) is -1.37. The summed E-state index contributed by atoms with van der Waals surface area (Å²) < 4.78 is 15.4. The monoisotopic (exact) mass is 198 g/mol. The zero-order valence-corrected chi connectivity index (χ0v) is 7.26. The zero-order chi connectivity index (χ0) is 9.52. The first kappa shape index (κ1) is 10.1. The van der Waals surface area contributed by atoms with Crippen LogP contribution in [0.15, 0.2) is 0 Å². The van der Waals surface area contributed by atoms with Crippen LogP contribution in [0.5, 0.6) is 0 Å². The Morgan fingerprint density at radius 1 is 1.25 bits per heavy atom. The Labute approximate surface area is 68.9 Å². The highest BCUT2D eigenvalue weighted by molar-refractivity contribution is 7.53. The molecule has 1 heterocycles. The van der Waals surface area contributed by atoms with Crippen LogP contribution < -0.4 is 0 Å². The number of aliphatic hydroxyl groups excluding tert-OH is 3. The minimum atomic E-state index is -4.18. The maximum absolute atomic E-state index is 10.9. The number of hydrogen-bond acceptors (Lipinski definition) is 5. The third-order valence-corrected chi connectivity index (χ3v) is 3.40. The van der Waals surface area contributed by atoms with E-state index in [4.69, 9.17) is 20.2 Å². The van der Waals surface area contributed by atoms with Crippen molar-refractivity contribution in [3.63, 3.8) is 0 Å². The van der Waals surface area contributed by atoms with Crippen molar-refractivity contribution < 1.29 is 29.3 Å². The molecule has 0 saturated carbocycles. The normalized spacial score (nSPS) is 55.4. The molecule has 7 heteroatoms. The summed E-state index contributed by atoms with van der Waals surface area (Å²) >= 11 is 0. The third kappa shape index (κ3) is 1.54. The van der Waals surface area contributed by atoms with Crippen LogP contribution in [-0.4, -0.2) is 44.4 Å². The molecule has 0 bridgehead atoms. The summed E-state index contributed by atoms with van der Waals surface area (Å²) in [5, 5.41) is 27.1. The van der Waals surface area contributed by atoms with Gasteiger partial charge in [0.1, 0.15) is 12.2 Å². The highest BCUT2D eigenvalue weighted by Crippen LogP contribution is 2.52. The molecule has 0 aromatic rings. The molecule has 1 rings (SSSR count). The van der Waals surface area contributed by atoms with Crippen LogP contribution in [0.25, 0.3) is 0 Å². The molecule has 5 atom stereocenters. The topological polar surface area (TPSA) is 107 Å². The lowest BCUT2D eigenvalue weighted by molar-refractivity contribution is -0.106. The van der Waals surface area contributed by atoms with Gasteiger partial charge in [0.15, 0.2) is 5.85 Å². The Balaban J connectivity index is 2.85. The Hall–Kier alpha value is 0.0300. The second-order valence-electron chi connectivity index (χ2n) is 2.77. The van der Waals surface area contributed by atoms with Crippen LogP contribution in [0.4, 0.5) is 0 Å². The summed E-state index contributed by atoms with van der Waals surface area (Å²) in [6.45, 7) is 1.34. The van der Waals surface area contributed by atoms with Crippen molar-refractivity contribution in [1.82, 2.24) is 0 Å². The fraction of sp³-hybridized carbons (Fsp3) is 1.00. The lowest BCUT2D eigenvalue weighted by Crippen LogP contribution is -2.48. The molecule has 1 fully saturated rings. The molecule has 4 N–H and O–H groups in total. The largest absolute Gasteiger partial charge is 0.388 e. The van der Waals surface area contributed by atoms with E-state index in [2.05, 4.69) is 4.52 Å². The van der Waals surface area contributed by atoms with Crippen molar-refractivity contribution in [2.75, 3.05) is 0 Å². The minimum Gasteiger partial charge on any atom is -0.388 e. The summed E-state index contributed by atoms with van der Waals surface area (Å²) in [6.07, 6.45) is -3.93. The van der Waals surface area contributed by atoms with Crippen molar-refractivity contribution in [2.24, 2.45) is 0 Å². The van der Waals surface area contributed by atoms with Crippen molar-refractivity contribution in [1.29, 1.82) is 0 Å². The molecule has 1 aliphatic heterocycles. The van der Waals surface area contributed by atoms with Gasteiger partial charge >= 0.3 is 7.60 Å². The molecule has 6 nitrogen and oxygen atoms in total. The average molecular weight is 198 g/mol. The fourth-order valence-electron chi connectivity index (χ4n) is 1.01. The predicted molar refractivity (Wildman–Crippen MR) is 38.4 cm³/mol. The van der Waals surface area contributed by atoms with Gasteiger partial charge in [-0.25, -0.2) is 0 Å². The number of hydrogen-bond donors (Lipinski definition) is 4. The number of aliphatic hydroxyl groups is 3. The highest BCUT2D eigenvalue weighted by Gasteiger charge is 2.48. The SMILES string of the molecule is C[C@@H]1OP(=O)(O)[C@@H](O)[C@H](O)[C@@H]1O. The molecular weight excluding hydrogens is 187 g/mol. The van der Waals surface area contributed by atoms with Crippen molar-refractivity contribution in [3.8, 4) is 0 Å². The van der Waals surface area contributed by atoms with Crippen molar-refractivity contribution in [3.05, 3.63) is 0 Å². The third-order valence-electron chi connectivity index (χ3n) is 1.79. The quantitative estimate of drug-likeness (QED) is 0.358. The second-order valence-corrected chi connectivity index (χ2v) is 4.64. The number of rotatable bonds is 0. The van der Waals surface area contributed by atoms with E-state index in [1.165, 1.54) is 6.92 Å². The molecule has 72 valence electrons. The minimum absolute atomic E-state index is 0.959. The van der Waals surface area contributed by atoms with Crippen LogP contribution >= 0.6 is 7.60 Å². The first-order chi connectivity index (χ1) is 5.36. The molecule has 0 aliphatic carbocycles. The fourth-order valence-corrected chi connectivity index (χ4v) is 2.30. The Bertz CT molecular complexity index is 218. The molecule has 1 unspecified atom stereocenters. The lowest BCUT2D eigenvalue weighted by atomic mass is 10.1. The van der Waals surface area contributed by atoms with Gasteiger partial charge in [-0.3, -0.25) is 4.57 Å². The van der Waals surface area contributed by atoms with Crippen molar-refractivity contribution >= 4 is 7.60 Å². The van der Waals surface area contributed by atoms with E-state index in [1.807, 2.05) is 0 Å². The standard InChI is InChI=1S/C5H11O6P/c1-2-3(6)4(7)5(8)12(9,10)11-2/h2-8H,1H3,(H,9,10)/t2-,3+,4+,5+/m0/s1. The summed E-state index contributed by atoms with van der Waals surface area (Å²) in [7, 11) is -4.18. The second kappa shape index (κ2) is 3.06.